The maximum Gasteiger partial charge on any atom is 0.296 e. The lowest BCUT2D eigenvalue weighted by atomic mass is 10.2. The van der Waals surface area contributed by atoms with Gasteiger partial charge in [0, 0.05) is 13.2 Å². The Kier molecular flexibility index (Phi) is 4.34. The van der Waals surface area contributed by atoms with E-state index in [0.29, 0.717) is 11.4 Å². The topological polar surface area (TPSA) is 120 Å². The van der Waals surface area contributed by atoms with Crippen molar-refractivity contribution in [2.24, 2.45) is 7.05 Å². The van der Waals surface area contributed by atoms with Crippen LogP contribution in [-0.4, -0.2) is 35.7 Å². The molecule has 4 rings (SSSR count). The first-order chi connectivity index (χ1) is 13.0. The van der Waals surface area contributed by atoms with Crippen LogP contribution in [-0.2, 0) is 7.05 Å². The summed E-state index contributed by atoms with van der Waals surface area (Å²) in [6.07, 6.45) is 3.00. The van der Waals surface area contributed by atoms with Gasteiger partial charge in [-0.2, -0.15) is 10.3 Å². The summed E-state index contributed by atoms with van der Waals surface area (Å²) >= 11 is 12.2. The number of nitrogens with one attached hydrogen (secondary N) is 2. The van der Waals surface area contributed by atoms with E-state index in [1.54, 1.807) is 37.5 Å². The molecule has 2 N–H and O–H groups in total. The van der Waals surface area contributed by atoms with Crippen molar-refractivity contribution in [1.82, 2.24) is 29.8 Å². The number of H-pyrrole nitrogens is 1. The van der Waals surface area contributed by atoms with E-state index in [1.807, 2.05) is 0 Å². The van der Waals surface area contributed by atoms with Crippen LogP contribution in [0.3, 0.4) is 0 Å². The monoisotopic (exact) mass is 407 g/mol. The molecule has 0 fully saturated rings. The fraction of sp³-hybridized carbons (Fsp3) is 0.0667. The summed E-state index contributed by atoms with van der Waals surface area (Å²) in [5.41, 5.74) is 1.29. The second kappa shape index (κ2) is 6.82. The second-order valence-corrected chi connectivity index (χ2v) is 6.12. The van der Waals surface area contributed by atoms with Gasteiger partial charge in [0.1, 0.15) is 10.8 Å². The molecule has 0 aliphatic carbocycles. The van der Waals surface area contributed by atoms with Gasteiger partial charge in [0.15, 0.2) is 5.69 Å². The zero-order valence-electron chi connectivity index (χ0n) is 13.7. The van der Waals surface area contributed by atoms with E-state index < -0.39 is 5.91 Å². The Bertz CT molecular complexity index is 1180. The van der Waals surface area contributed by atoms with Crippen LogP contribution in [0.1, 0.15) is 10.5 Å². The van der Waals surface area contributed by atoms with E-state index >= 15 is 0 Å². The molecule has 3 aromatic heterocycles. The van der Waals surface area contributed by atoms with Gasteiger partial charge in [-0.25, -0.2) is 9.97 Å². The van der Waals surface area contributed by atoms with Crippen LogP contribution in [0.4, 0.5) is 5.69 Å². The molecule has 3 heterocycles. The van der Waals surface area contributed by atoms with Crippen LogP contribution in [0.25, 0.3) is 17.0 Å². The zero-order chi connectivity index (χ0) is 19.0. The highest BCUT2D eigenvalue weighted by Crippen LogP contribution is 2.29. The van der Waals surface area contributed by atoms with Crippen molar-refractivity contribution in [2.75, 3.05) is 5.32 Å². The lowest BCUT2D eigenvalue weighted by Crippen LogP contribution is -2.14. The maximum atomic E-state index is 12.3. The number of amides is 1. The number of fused-ring (bicyclic) bond motifs is 1. The van der Waals surface area contributed by atoms with Crippen LogP contribution in [0, 0.1) is 0 Å². The molecule has 138 valence electrons. The first kappa shape index (κ1) is 17.2. The number of hydrogen-bond donors (Lipinski definition) is 2. The Morgan fingerprint density at radius 1 is 1.30 bits per heavy atom. The third-order valence-electron chi connectivity index (χ3n) is 3.47. The van der Waals surface area contributed by atoms with Gasteiger partial charge in [0.25, 0.3) is 11.6 Å². The second-order valence-electron chi connectivity index (χ2n) is 5.36. The van der Waals surface area contributed by atoms with Gasteiger partial charge in [-0.1, -0.05) is 29.3 Å². The SMILES string of the molecule is Cn1ccc(C(=O)Nc2cccc(-n3o[nH]c4nc(Cl)cnc4o3)c2Cl)n1. The molecule has 0 aliphatic rings. The minimum absolute atomic E-state index is 0.143. The lowest BCUT2D eigenvalue weighted by molar-refractivity contribution is 0.0713. The number of anilines is 1. The molecule has 0 saturated heterocycles. The van der Waals surface area contributed by atoms with E-state index in [-0.39, 0.29) is 27.2 Å². The predicted octanol–water partition coefficient (Wildman–Crippen LogP) is 3.35. The van der Waals surface area contributed by atoms with Crippen LogP contribution in [0.2, 0.25) is 10.2 Å². The highest BCUT2D eigenvalue weighted by atomic mass is 35.5. The van der Waals surface area contributed by atoms with Crippen LogP contribution < -0.4 is 5.32 Å². The number of aromatic nitrogens is 6. The van der Waals surface area contributed by atoms with Gasteiger partial charge >= 0.3 is 0 Å². The van der Waals surface area contributed by atoms with Gasteiger partial charge in [-0.05, 0) is 23.1 Å². The number of carbonyl (C=O) groups excluding carboxylic acids is 1. The number of carbonyl (C=O) groups is 1. The van der Waals surface area contributed by atoms with Crippen molar-refractivity contribution in [2.45, 2.75) is 0 Å². The predicted molar refractivity (Wildman–Crippen MR) is 96.6 cm³/mol. The van der Waals surface area contributed by atoms with Gasteiger partial charge in [0.05, 0.1) is 16.9 Å². The number of benzene rings is 1. The largest absolute Gasteiger partial charge is 0.319 e. The zero-order valence-corrected chi connectivity index (χ0v) is 15.2. The van der Waals surface area contributed by atoms with E-state index in [4.69, 9.17) is 32.4 Å². The number of rotatable bonds is 3. The Labute approximate surface area is 160 Å². The Morgan fingerprint density at radius 3 is 2.93 bits per heavy atom. The average Bonchev–Trinajstić information content (AvgIpc) is 3.09. The van der Waals surface area contributed by atoms with Crippen molar-refractivity contribution in [3.63, 3.8) is 0 Å². The van der Waals surface area contributed by atoms with Gasteiger partial charge in [-0.15, -0.1) is 0 Å². The van der Waals surface area contributed by atoms with Gasteiger partial charge in [-0.3, -0.25) is 14.1 Å². The molecule has 0 aliphatic heterocycles. The molecule has 1 amide bonds. The fourth-order valence-electron chi connectivity index (χ4n) is 2.25. The lowest BCUT2D eigenvalue weighted by Gasteiger charge is -2.10. The summed E-state index contributed by atoms with van der Waals surface area (Å²) < 4.78 is 12.3. The van der Waals surface area contributed by atoms with E-state index in [2.05, 4.69) is 25.5 Å². The Hall–Kier alpha value is -3.24. The van der Waals surface area contributed by atoms with Gasteiger partial charge < -0.3 is 9.84 Å². The number of halogens is 2. The third-order valence-corrected chi connectivity index (χ3v) is 4.05. The standard InChI is InChI=1S/C15H11Cl2N7O3/c1-23-6-5-9(21-23)14(25)19-8-3-2-4-10(12(8)17)24-26-15-13(22-27-24)20-11(16)7-18-15/h2-7H,1H3,(H,19,25)(H,20,22). The van der Waals surface area contributed by atoms with Crippen molar-refractivity contribution in [3.05, 3.63) is 52.5 Å². The molecule has 0 spiro atoms. The average molecular weight is 408 g/mol. The molecule has 0 atom stereocenters. The van der Waals surface area contributed by atoms with Crippen LogP contribution >= 0.6 is 23.2 Å². The van der Waals surface area contributed by atoms with Crippen molar-refractivity contribution >= 4 is 46.2 Å². The summed E-state index contributed by atoms with van der Waals surface area (Å²) in [6.45, 7) is 0. The minimum Gasteiger partial charge on any atom is -0.319 e. The Balaban J connectivity index is 1.69. The molecule has 0 radical (unpaired) electrons. The smallest absolute Gasteiger partial charge is 0.296 e. The summed E-state index contributed by atoms with van der Waals surface area (Å²) in [4.78, 5) is 21.3. The first-order valence-corrected chi connectivity index (χ1v) is 8.30. The fourth-order valence-corrected chi connectivity index (χ4v) is 2.63. The molecule has 12 heteroatoms. The van der Waals surface area contributed by atoms with Crippen molar-refractivity contribution < 1.29 is 13.9 Å². The first-order valence-electron chi connectivity index (χ1n) is 7.54. The molecular formula is C15H11Cl2N7O3. The molecule has 10 nitrogen and oxygen atoms in total. The van der Waals surface area contributed by atoms with Crippen LogP contribution in [0.15, 0.2) is 45.8 Å². The summed E-state index contributed by atoms with van der Waals surface area (Å²) in [5, 5.41) is 9.66. The Morgan fingerprint density at radius 2 is 2.15 bits per heavy atom. The molecule has 1 aromatic carbocycles. The number of nitrogens with zero attached hydrogens (tertiary/aromatic N) is 5. The molecular weight excluding hydrogens is 397 g/mol. The number of aromatic amines is 1. The highest BCUT2D eigenvalue weighted by molar-refractivity contribution is 6.35. The maximum absolute atomic E-state index is 12.3. The van der Waals surface area contributed by atoms with Crippen LogP contribution in [0.5, 0.6) is 0 Å². The molecule has 0 unspecified atom stereocenters. The molecule has 0 bridgehead atoms. The quantitative estimate of drug-likeness (QED) is 0.537. The normalized spacial score (nSPS) is 10.9. The summed E-state index contributed by atoms with van der Waals surface area (Å²) in [6, 6.07) is 6.53. The molecule has 4 aromatic rings. The highest BCUT2D eigenvalue weighted by Gasteiger charge is 2.16. The molecule has 27 heavy (non-hydrogen) atoms. The van der Waals surface area contributed by atoms with Crippen molar-refractivity contribution in [3.8, 4) is 5.69 Å². The van der Waals surface area contributed by atoms with E-state index in [1.165, 1.54) is 10.9 Å². The van der Waals surface area contributed by atoms with Gasteiger partial charge in [0.2, 0.25) is 5.65 Å². The van der Waals surface area contributed by atoms with E-state index in [9.17, 15) is 4.79 Å². The van der Waals surface area contributed by atoms with Crippen molar-refractivity contribution in [1.29, 1.82) is 0 Å². The third kappa shape index (κ3) is 3.39. The molecule has 0 saturated carbocycles. The minimum atomic E-state index is -0.404. The number of aryl methyl sites for hydroxylation is 1. The summed E-state index contributed by atoms with van der Waals surface area (Å²) in [7, 11) is 1.72. The number of hydrogen-bond acceptors (Lipinski definition) is 6. The van der Waals surface area contributed by atoms with E-state index in [0.717, 1.165) is 4.91 Å². The summed E-state index contributed by atoms with van der Waals surface area (Å²) in [5.74, 6) is -0.404.